The lowest BCUT2D eigenvalue weighted by Gasteiger charge is -2.07. The van der Waals surface area contributed by atoms with Crippen molar-refractivity contribution in [2.45, 2.75) is 13.5 Å². The minimum absolute atomic E-state index is 0.258. The third-order valence-electron chi connectivity index (χ3n) is 3.99. The molecule has 0 aliphatic rings. The van der Waals surface area contributed by atoms with E-state index >= 15 is 0 Å². The molecule has 0 saturated heterocycles. The minimum atomic E-state index is -0.940. The van der Waals surface area contributed by atoms with Crippen LogP contribution in [0.1, 0.15) is 27.0 Å². The number of carbonyl (C=O) groups is 1. The van der Waals surface area contributed by atoms with Crippen molar-refractivity contribution < 1.29 is 14.6 Å². The van der Waals surface area contributed by atoms with E-state index in [9.17, 15) is 4.79 Å². The number of benzene rings is 3. The first-order valence-corrected chi connectivity index (χ1v) is 8.74. The zero-order valence-corrected chi connectivity index (χ0v) is 15.5. The number of halogens is 1. The summed E-state index contributed by atoms with van der Waals surface area (Å²) in [5.74, 6) is -0.228. The maximum absolute atomic E-state index is 10.9. The Morgan fingerprint density at radius 2 is 1.89 bits per heavy atom. The largest absolute Gasteiger partial charge is 0.489 e. The van der Waals surface area contributed by atoms with E-state index in [4.69, 9.17) is 21.4 Å². The molecule has 3 aromatic rings. The zero-order chi connectivity index (χ0) is 19.2. The Balaban J connectivity index is 1.67. The topological polar surface area (TPSA) is 58.9 Å². The van der Waals surface area contributed by atoms with E-state index in [1.165, 1.54) is 0 Å². The summed E-state index contributed by atoms with van der Waals surface area (Å²) in [6.45, 7) is 2.34. The number of aryl methyl sites for hydroxylation is 1. The monoisotopic (exact) mass is 379 g/mol. The summed E-state index contributed by atoms with van der Waals surface area (Å²) in [6.07, 6.45) is 1.77. The lowest BCUT2D eigenvalue weighted by atomic mass is 10.1. The average Bonchev–Trinajstić information content (AvgIpc) is 2.68. The molecule has 0 spiro atoms. The van der Waals surface area contributed by atoms with Crippen LogP contribution in [0.4, 0.5) is 5.69 Å². The van der Waals surface area contributed by atoms with Crippen molar-refractivity contribution >= 4 is 29.5 Å². The molecule has 0 saturated carbocycles. The van der Waals surface area contributed by atoms with E-state index in [1.807, 2.05) is 49.4 Å². The van der Waals surface area contributed by atoms with Crippen LogP contribution < -0.4 is 4.74 Å². The van der Waals surface area contributed by atoms with Gasteiger partial charge in [0.25, 0.3) is 0 Å². The van der Waals surface area contributed by atoms with Crippen molar-refractivity contribution in [1.29, 1.82) is 0 Å². The van der Waals surface area contributed by atoms with Crippen LogP contribution in [0, 0.1) is 6.92 Å². The molecule has 3 rings (SSSR count). The molecular weight excluding hydrogens is 362 g/mol. The van der Waals surface area contributed by atoms with Crippen molar-refractivity contribution in [3.05, 3.63) is 94.0 Å². The first kappa shape index (κ1) is 18.7. The van der Waals surface area contributed by atoms with Gasteiger partial charge in [0.2, 0.25) is 0 Å². The van der Waals surface area contributed by atoms with Crippen molar-refractivity contribution in [3.63, 3.8) is 0 Å². The first-order valence-electron chi connectivity index (χ1n) is 8.36. The second-order valence-electron chi connectivity index (χ2n) is 6.05. The number of hydrogen-bond donors (Lipinski definition) is 1. The number of rotatable bonds is 6. The number of aliphatic imine (C=N–C) groups is 1. The highest BCUT2D eigenvalue weighted by atomic mass is 35.5. The smallest absolute Gasteiger partial charge is 0.335 e. The van der Waals surface area contributed by atoms with Gasteiger partial charge in [-0.1, -0.05) is 41.9 Å². The molecular formula is C22H18ClNO3. The van der Waals surface area contributed by atoms with Crippen LogP contribution >= 0.6 is 11.6 Å². The van der Waals surface area contributed by atoms with Crippen molar-refractivity contribution in [2.75, 3.05) is 0 Å². The molecule has 0 atom stereocenters. The Hall–Kier alpha value is -3.11. The molecule has 4 nitrogen and oxygen atoms in total. The van der Waals surface area contributed by atoms with E-state index in [1.54, 1.807) is 30.5 Å². The van der Waals surface area contributed by atoms with Crippen LogP contribution in [0.2, 0.25) is 5.02 Å². The molecule has 0 amide bonds. The standard InChI is InChI=1S/C22H18ClNO3/c1-15-5-10-19(23)12-21(15)24-13-17-3-2-4-20(11-17)27-14-16-6-8-18(9-7-16)22(25)26/h2-13H,14H2,1H3,(H,25,26). The van der Waals surface area contributed by atoms with Gasteiger partial charge in [0, 0.05) is 11.2 Å². The molecule has 0 aliphatic heterocycles. The van der Waals surface area contributed by atoms with Gasteiger partial charge in [0.1, 0.15) is 12.4 Å². The van der Waals surface area contributed by atoms with E-state index < -0.39 is 5.97 Å². The summed E-state index contributed by atoms with van der Waals surface area (Å²) in [6, 6.07) is 19.8. The van der Waals surface area contributed by atoms with E-state index in [2.05, 4.69) is 4.99 Å². The normalized spacial score (nSPS) is 10.9. The Morgan fingerprint density at radius 3 is 2.63 bits per heavy atom. The number of nitrogens with zero attached hydrogens (tertiary/aromatic N) is 1. The van der Waals surface area contributed by atoms with Gasteiger partial charge in [0.05, 0.1) is 11.3 Å². The van der Waals surface area contributed by atoms with E-state index in [-0.39, 0.29) is 5.56 Å². The molecule has 0 aromatic heterocycles. The highest BCUT2D eigenvalue weighted by Crippen LogP contribution is 2.23. The fourth-order valence-corrected chi connectivity index (χ4v) is 2.63. The number of hydrogen-bond acceptors (Lipinski definition) is 3. The van der Waals surface area contributed by atoms with Crippen LogP contribution in [0.5, 0.6) is 5.75 Å². The van der Waals surface area contributed by atoms with Crippen LogP contribution in [-0.4, -0.2) is 17.3 Å². The molecule has 136 valence electrons. The summed E-state index contributed by atoms with van der Waals surface area (Å²) in [7, 11) is 0. The van der Waals surface area contributed by atoms with Crippen molar-refractivity contribution in [3.8, 4) is 5.75 Å². The third kappa shape index (κ3) is 5.19. The second kappa shape index (κ2) is 8.52. The van der Waals surface area contributed by atoms with Crippen LogP contribution in [0.25, 0.3) is 0 Å². The van der Waals surface area contributed by atoms with Gasteiger partial charge in [0.15, 0.2) is 0 Å². The van der Waals surface area contributed by atoms with Gasteiger partial charge in [-0.15, -0.1) is 0 Å². The summed E-state index contributed by atoms with van der Waals surface area (Å²) in [5.41, 5.74) is 3.94. The summed E-state index contributed by atoms with van der Waals surface area (Å²) >= 11 is 6.02. The maximum Gasteiger partial charge on any atom is 0.335 e. The predicted octanol–water partition coefficient (Wildman–Crippen LogP) is 5.68. The van der Waals surface area contributed by atoms with E-state index in [0.29, 0.717) is 17.4 Å². The molecule has 1 N–H and O–H groups in total. The van der Waals surface area contributed by atoms with Gasteiger partial charge in [-0.05, 0) is 60.0 Å². The molecule has 5 heteroatoms. The number of carboxylic acids is 1. The highest BCUT2D eigenvalue weighted by molar-refractivity contribution is 6.30. The fraction of sp³-hybridized carbons (Fsp3) is 0.0909. The molecule has 3 aromatic carbocycles. The van der Waals surface area contributed by atoms with Crippen molar-refractivity contribution in [2.24, 2.45) is 4.99 Å². The predicted molar refractivity (Wildman–Crippen MR) is 108 cm³/mol. The molecule has 27 heavy (non-hydrogen) atoms. The Kier molecular flexibility index (Phi) is 5.89. The van der Waals surface area contributed by atoms with Crippen molar-refractivity contribution in [1.82, 2.24) is 0 Å². The Bertz CT molecular complexity index is 981. The highest BCUT2D eigenvalue weighted by Gasteiger charge is 2.03. The molecule has 0 radical (unpaired) electrons. The summed E-state index contributed by atoms with van der Waals surface area (Å²) < 4.78 is 5.80. The molecule has 0 aliphatic carbocycles. The zero-order valence-electron chi connectivity index (χ0n) is 14.7. The average molecular weight is 380 g/mol. The van der Waals surface area contributed by atoms with Crippen LogP contribution in [0.15, 0.2) is 71.7 Å². The molecule has 0 fully saturated rings. The van der Waals surface area contributed by atoms with Gasteiger partial charge in [-0.25, -0.2) is 4.79 Å². The summed E-state index contributed by atoms with van der Waals surface area (Å²) in [5, 5.41) is 9.58. The maximum atomic E-state index is 10.9. The third-order valence-corrected chi connectivity index (χ3v) is 4.22. The molecule has 0 bridgehead atoms. The SMILES string of the molecule is Cc1ccc(Cl)cc1N=Cc1cccc(OCc2ccc(C(=O)O)cc2)c1. The Morgan fingerprint density at radius 1 is 1.11 bits per heavy atom. The lowest BCUT2D eigenvalue weighted by Crippen LogP contribution is -1.99. The fourth-order valence-electron chi connectivity index (χ4n) is 2.46. The first-order chi connectivity index (χ1) is 13.0. The minimum Gasteiger partial charge on any atom is -0.489 e. The van der Waals surface area contributed by atoms with Crippen LogP contribution in [-0.2, 0) is 6.61 Å². The van der Waals surface area contributed by atoms with Gasteiger partial charge < -0.3 is 9.84 Å². The van der Waals surface area contributed by atoms with E-state index in [0.717, 1.165) is 22.4 Å². The number of carboxylic acid groups (broad SMARTS) is 1. The van der Waals surface area contributed by atoms with Gasteiger partial charge in [-0.3, -0.25) is 4.99 Å². The number of aromatic carboxylic acids is 1. The quantitative estimate of drug-likeness (QED) is 0.561. The molecule has 0 unspecified atom stereocenters. The second-order valence-corrected chi connectivity index (χ2v) is 6.49. The Labute approximate surface area is 162 Å². The van der Waals surface area contributed by atoms with Crippen LogP contribution in [0.3, 0.4) is 0 Å². The van der Waals surface area contributed by atoms with Gasteiger partial charge in [-0.2, -0.15) is 0 Å². The molecule has 0 heterocycles. The number of ether oxygens (including phenoxy) is 1. The summed E-state index contributed by atoms with van der Waals surface area (Å²) in [4.78, 5) is 15.4. The lowest BCUT2D eigenvalue weighted by molar-refractivity contribution is 0.0697. The van der Waals surface area contributed by atoms with Gasteiger partial charge >= 0.3 is 5.97 Å².